The van der Waals surface area contributed by atoms with Gasteiger partial charge >= 0.3 is 0 Å². The van der Waals surface area contributed by atoms with Crippen molar-refractivity contribution in [3.63, 3.8) is 0 Å². The molecule has 1 aromatic heterocycles. The van der Waals surface area contributed by atoms with Crippen LogP contribution < -0.4 is 5.56 Å². The minimum atomic E-state index is -0.225. The largest absolute Gasteiger partial charge is 0.338 e. The molecule has 1 aromatic carbocycles. The van der Waals surface area contributed by atoms with Crippen molar-refractivity contribution in [2.24, 2.45) is 0 Å². The van der Waals surface area contributed by atoms with Gasteiger partial charge in [0.05, 0.1) is 0 Å². The lowest BCUT2D eigenvalue weighted by Gasteiger charge is -2.43. The number of aromatic amines is 1. The van der Waals surface area contributed by atoms with Crippen LogP contribution in [0.5, 0.6) is 0 Å². The van der Waals surface area contributed by atoms with Crippen LogP contribution >= 0.6 is 0 Å². The first kappa shape index (κ1) is 16.1. The third-order valence-corrected chi connectivity index (χ3v) is 5.83. The molecule has 1 N–H and O–H groups in total. The number of aromatic nitrogens is 1. The number of hydrogen-bond donors (Lipinski definition) is 1. The summed E-state index contributed by atoms with van der Waals surface area (Å²) in [6, 6.07) is 11.9. The fourth-order valence-corrected chi connectivity index (χ4v) is 4.66. The van der Waals surface area contributed by atoms with E-state index < -0.39 is 0 Å². The standard InChI is InChI=1S/C21H24N2O2/c24-19-14-17(9-12-22-19)20(25)23-13-5-11-21(15-23)10-4-3-7-16-6-1-2-8-18(16)21/h1-2,6,8-9,12,14H,3-5,7,10-11,13,15H2,(H,22,24)/t21-/m0/s1. The van der Waals surface area contributed by atoms with E-state index in [1.807, 2.05) is 4.90 Å². The van der Waals surface area contributed by atoms with E-state index >= 15 is 0 Å². The van der Waals surface area contributed by atoms with Crippen LogP contribution in [0.1, 0.15) is 53.6 Å². The second kappa shape index (κ2) is 6.51. The van der Waals surface area contributed by atoms with Crippen molar-refractivity contribution in [3.05, 3.63) is 69.6 Å². The highest BCUT2D eigenvalue weighted by atomic mass is 16.2. The van der Waals surface area contributed by atoms with Crippen LogP contribution in [0.2, 0.25) is 0 Å². The molecule has 4 nitrogen and oxygen atoms in total. The third kappa shape index (κ3) is 3.01. The highest BCUT2D eigenvalue weighted by Gasteiger charge is 2.40. The second-order valence-electron chi connectivity index (χ2n) is 7.42. The van der Waals surface area contributed by atoms with Gasteiger partial charge in [-0.3, -0.25) is 9.59 Å². The molecule has 0 unspecified atom stereocenters. The molecule has 0 radical (unpaired) electrons. The van der Waals surface area contributed by atoms with Crippen LogP contribution in [0.25, 0.3) is 0 Å². The molecule has 4 rings (SSSR count). The molecule has 1 aliphatic heterocycles. The maximum absolute atomic E-state index is 12.9. The molecule has 25 heavy (non-hydrogen) atoms. The molecule has 1 amide bonds. The lowest BCUT2D eigenvalue weighted by Crippen LogP contribution is -2.48. The monoisotopic (exact) mass is 336 g/mol. The summed E-state index contributed by atoms with van der Waals surface area (Å²) < 4.78 is 0. The van der Waals surface area contributed by atoms with Gasteiger partial charge in [0.25, 0.3) is 5.91 Å². The lowest BCUT2D eigenvalue weighted by atomic mass is 9.70. The number of carbonyl (C=O) groups is 1. The van der Waals surface area contributed by atoms with Gasteiger partial charge in [0, 0.05) is 36.3 Å². The normalized spacial score (nSPS) is 23.1. The number of hydrogen-bond acceptors (Lipinski definition) is 2. The number of amides is 1. The molecule has 0 saturated carbocycles. The van der Waals surface area contributed by atoms with Crippen molar-refractivity contribution in [2.75, 3.05) is 13.1 Å². The molecule has 2 heterocycles. The van der Waals surface area contributed by atoms with Gasteiger partial charge in [-0.05, 0) is 49.3 Å². The number of nitrogens with zero attached hydrogens (tertiary/aromatic N) is 1. The number of piperidine rings is 1. The fraction of sp³-hybridized carbons (Fsp3) is 0.429. The quantitative estimate of drug-likeness (QED) is 0.869. The lowest BCUT2D eigenvalue weighted by molar-refractivity contribution is 0.0625. The summed E-state index contributed by atoms with van der Waals surface area (Å²) in [5.74, 6) is -0.0214. The zero-order chi connectivity index (χ0) is 17.3. The maximum atomic E-state index is 12.9. The van der Waals surface area contributed by atoms with E-state index in [-0.39, 0.29) is 16.9 Å². The molecule has 1 atom stereocenters. The zero-order valence-corrected chi connectivity index (χ0v) is 14.5. The van der Waals surface area contributed by atoms with Crippen molar-refractivity contribution in [3.8, 4) is 0 Å². The number of fused-ring (bicyclic) bond motifs is 2. The van der Waals surface area contributed by atoms with E-state index in [2.05, 4.69) is 29.2 Å². The zero-order valence-electron chi connectivity index (χ0n) is 14.5. The molecule has 0 bridgehead atoms. The van der Waals surface area contributed by atoms with Crippen molar-refractivity contribution in [1.82, 2.24) is 9.88 Å². The number of likely N-dealkylation sites (tertiary alicyclic amines) is 1. The van der Waals surface area contributed by atoms with Crippen molar-refractivity contribution in [1.29, 1.82) is 0 Å². The number of benzene rings is 1. The van der Waals surface area contributed by atoms with Crippen molar-refractivity contribution < 1.29 is 4.79 Å². The first-order chi connectivity index (χ1) is 12.2. The summed E-state index contributed by atoms with van der Waals surface area (Å²) in [5.41, 5.74) is 3.23. The van der Waals surface area contributed by atoms with Crippen LogP contribution in [0.15, 0.2) is 47.4 Å². The van der Waals surface area contributed by atoms with Crippen LogP contribution in [-0.4, -0.2) is 28.9 Å². The second-order valence-corrected chi connectivity index (χ2v) is 7.42. The summed E-state index contributed by atoms with van der Waals surface area (Å²) in [6.45, 7) is 1.53. The molecular weight excluding hydrogens is 312 g/mol. The first-order valence-corrected chi connectivity index (χ1v) is 9.24. The van der Waals surface area contributed by atoms with Crippen LogP contribution in [0, 0.1) is 0 Å². The number of rotatable bonds is 1. The number of nitrogens with one attached hydrogen (secondary N) is 1. The Morgan fingerprint density at radius 1 is 1.08 bits per heavy atom. The molecular formula is C21H24N2O2. The minimum absolute atomic E-state index is 0.0214. The molecule has 2 aromatic rings. The van der Waals surface area contributed by atoms with E-state index in [0.717, 1.165) is 38.8 Å². The smallest absolute Gasteiger partial charge is 0.254 e. The Kier molecular flexibility index (Phi) is 4.20. The Bertz CT molecular complexity index is 842. The van der Waals surface area contributed by atoms with Gasteiger partial charge in [-0.15, -0.1) is 0 Å². The SMILES string of the molecule is O=C(c1cc[nH]c(=O)c1)N1CCC[C@@]2(CCCCc3ccccc32)C1. The van der Waals surface area contributed by atoms with E-state index in [4.69, 9.17) is 0 Å². The van der Waals surface area contributed by atoms with Crippen molar-refractivity contribution >= 4 is 5.91 Å². The molecule has 4 heteroatoms. The van der Waals surface area contributed by atoms with Gasteiger partial charge < -0.3 is 9.88 Å². The van der Waals surface area contributed by atoms with Crippen LogP contribution in [0.3, 0.4) is 0 Å². The Hall–Kier alpha value is -2.36. The number of aryl methyl sites for hydroxylation is 1. The van der Waals surface area contributed by atoms with Crippen LogP contribution in [0.4, 0.5) is 0 Å². The molecule has 1 saturated heterocycles. The van der Waals surface area contributed by atoms with E-state index in [1.54, 1.807) is 12.3 Å². The molecule has 2 aliphatic rings. The molecule has 1 fully saturated rings. The number of carbonyl (C=O) groups excluding carboxylic acids is 1. The average molecular weight is 336 g/mol. The Morgan fingerprint density at radius 3 is 2.80 bits per heavy atom. The number of H-pyrrole nitrogens is 1. The summed E-state index contributed by atoms with van der Waals surface area (Å²) >= 11 is 0. The molecule has 1 spiro atoms. The minimum Gasteiger partial charge on any atom is -0.338 e. The fourth-order valence-electron chi connectivity index (χ4n) is 4.66. The Labute approximate surface area is 147 Å². The molecule has 1 aliphatic carbocycles. The summed E-state index contributed by atoms with van der Waals surface area (Å²) in [6.07, 6.45) is 8.42. The Balaban J connectivity index is 1.67. The van der Waals surface area contributed by atoms with Crippen molar-refractivity contribution in [2.45, 2.75) is 43.9 Å². The highest BCUT2D eigenvalue weighted by Crippen LogP contribution is 2.42. The number of pyridine rings is 1. The summed E-state index contributed by atoms with van der Waals surface area (Å²) in [7, 11) is 0. The van der Waals surface area contributed by atoms with E-state index in [1.165, 1.54) is 30.0 Å². The summed E-state index contributed by atoms with van der Waals surface area (Å²) in [4.78, 5) is 29.0. The third-order valence-electron chi connectivity index (χ3n) is 5.83. The van der Waals surface area contributed by atoms with E-state index in [9.17, 15) is 9.59 Å². The highest BCUT2D eigenvalue weighted by molar-refractivity contribution is 5.94. The first-order valence-electron chi connectivity index (χ1n) is 9.24. The predicted octanol–water partition coefficient (Wildman–Crippen LogP) is 3.28. The van der Waals surface area contributed by atoms with Gasteiger partial charge in [0.1, 0.15) is 0 Å². The summed E-state index contributed by atoms with van der Waals surface area (Å²) in [5, 5.41) is 0. The Morgan fingerprint density at radius 2 is 1.92 bits per heavy atom. The van der Waals surface area contributed by atoms with Gasteiger partial charge in [-0.1, -0.05) is 30.7 Å². The van der Waals surface area contributed by atoms with Gasteiger partial charge in [0.15, 0.2) is 0 Å². The molecule has 130 valence electrons. The topological polar surface area (TPSA) is 53.2 Å². The van der Waals surface area contributed by atoms with Gasteiger partial charge in [-0.2, -0.15) is 0 Å². The average Bonchev–Trinajstić information content (AvgIpc) is 2.81. The van der Waals surface area contributed by atoms with Gasteiger partial charge in [-0.25, -0.2) is 0 Å². The van der Waals surface area contributed by atoms with Crippen LogP contribution in [-0.2, 0) is 11.8 Å². The van der Waals surface area contributed by atoms with E-state index in [0.29, 0.717) is 5.56 Å². The predicted molar refractivity (Wildman–Crippen MR) is 97.9 cm³/mol. The maximum Gasteiger partial charge on any atom is 0.254 e. The van der Waals surface area contributed by atoms with Gasteiger partial charge in [0.2, 0.25) is 5.56 Å².